The number of aromatic nitrogens is 4. The van der Waals surface area contributed by atoms with Crippen molar-refractivity contribution in [1.29, 1.82) is 0 Å². The summed E-state index contributed by atoms with van der Waals surface area (Å²) in [6.45, 7) is 3.72. The van der Waals surface area contributed by atoms with Crippen LogP contribution in [0.4, 0.5) is 0 Å². The van der Waals surface area contributed by atoms with E-state index in [-0.39, 0.29) is 11.9 Å². The molecular weight excluding hydrogens is 362 g/mol. The van der Waals surface area contributed by atoms with E-state index in [0.717, 1.165) is 47.1 Å². The van der Waals surface area contributed by atoms with Gasteiger partial charge in [0.25, 0.3) is 5.91 Å². The van der Waals surface area contributed by atoms with E-state index in [1.54, 1.807) is 0 Å². The minimum Gasteiger partial charge on any atom is -0.336 e. The van der Waals surface area contributed by atoms with Crippen molar-refractivity contribution in [1.82, 2.24) is 24.9 Å². The number of carbonyl (C=O) groups excluding carboxylic acids is 1. The molecule has 4 aromatic rings. The Hall–Kier alpha value is -3.41. The average molecular weight is 385 g/mol. The molecule has 0 spiro atoms. The van der Waals surface area contributed by atoms with Crippen molar-refractivity contribution in [3.63, 3.8) is 0 Å². The lowest BCUT2D eigenvalue weighted by Gasteiger charge is -2.21. The lowest BCUT2D eigenvalue weighted by molar-refractivity contribution is 0.0742. The van der Waals surface area contributed by atoms with E-state index in [1.165, 1.54) is 0 Å². The molecule has 2 aromatic heterocycles. The Balaban J connectivity index is 1.33. The molecule has 1 aliphatic heterocycles. The van der Waals surface area contributed by atoms with Crippen molar-refractivity contribution in [2.75, 3.05) is 6.54 Å². The zero-order chi connectivity index (χ0) is 19.8. The van der Waals surface area contributed by atoms with Crippen LogP contribution in [0.3, 0.4) is 0 Å². The number of nitrogens with zero attached hydrogens (tertiary/aromatic N) is 4. The number of hydrogen-bond acceptors (Lipinski definition) is 3. The Morgan fingerprint density at radius 1 is 1.14 bits per heavy atom. The Morgan fingerprint density at radius 2 is 2.00 bits per heavy atom. The highest BCUT2D eigenvalue weighted by Crippen LogP contribution is 2.28. The van der Waals surface area contributed by atoms with Gasteiger partial charge in [-0.2, -0.15) is 10.2 Å². The van der Waals surface area contributed by atoms with Crippen molar-refractivity contribution in [3.05, 3.63) is 72.7 Å². The van der Waals surface area contributed by atoms with Crippen molar-refractivity contribution in [3.8, 4) is 11.1 Å². The van der Waals surface area contributed by atoms with Crippen LogP contribution >= 0.6 is 0 Å². The molecule has 0 radical (unpaired) electrons. The first-order chi connectivity index (χ1) is 14.2. The van der Waals surface area contributed by atoms with E-state index in [9.17, 15) is 4.79 Å². The number of fused-ring (bicyclic) bond motifs is 1. The number of likely N-dealkylation sites (tertiary alicyclic amines) is 1. The molecule has 1 saturated heterocycles. The summed E-state index contributed by atoms with van der Waals surface area (Å²) in [5.41, 5.74) is 4.08. The van der Waals surface area contributed by atoms with Gasteiger partial charge in [0.15, 0.2) is 0 Å². The van der Waals surface area contributed by atoms with E-state index in [2.05, 4.69) is 45.1 Å². The van der Waals surface area contributed by atoms with Gasteiger partial charge in [0.1, 0.15) is 0 Å². The number of aromatic amines is 1. The first-order valence-electron chi connectivity index (χ1n) is 10.00. The van der Waals surface area contributed by atoms with Crippen LogP contribution in [0.15, 0.2) is 67.1 Å². The smallest absolute Gasteiger partial charge is 0.254 e. The van der Waals surface area contributed by atoms with Crippen LogP contribution in [0.25, 0.3) is 22.0 Å². The predicted octanol–water partition coefficient (Wildman–Crippen LogP) is 3.98. The lowest BCUT2D eigenvalue weighted by atomic mass is 10.1. The molecule has 6 nitrogen and oxygen atoms in total. The molecule has 1 N–H and O–H groups in total. The quantitative estimate of drug-likeness (QED) is 0.578. The molecule has 29 heavy (non-hydrogen) atoms. The van der Waals surface area contributed by atoms with Gasteiger partial charge in [-0.05, 0) is 49.1 Å². The second-order valence-corrected chi connectivity index (χ2v) is 7.86. The molecule has 2 atom stereocenters. The highest BCUT2D eigenvalue weighted by Gasteiger charge is 2.33. The molecule has 0 unspecified atom stereocenters. The minimum absolute atomic E-state index is 0.121. The third kappa shape index (κ3) is 3.31. The molecule has 0 saturated carbocycles. The largest absolute Gasteiger partial charge is 0.336 e. The fourth-order valence-electron chi connectivity index (χ4n) is 4.37. The maximum absolute atomic E-state index is 12.9. The zero-order valence-electron chi connectivity index (χ0n) is 16.3. The minimum atomic E-state index is 0.121. The van der Waals surface area contributed by atoms with Gasteiger partial charge >= 0.3 is 0 Å². The summed E-state index contributed by atoms with van der Waals surface area (Å²) >= 11 is 0. The molecule has 6 heteroatoms. The van der Waals surface area contributed by atoms with Crippen LogP contribution in [0.5, 0.6) is 0 Å². The molecule has 1 fully saturated rings. The van der Waals surface area contributed by atoms with Gasteiger partial charge in [-0.15, -0.1) is 0 Å². The third-order valence-electron chi connectivity index (χ3n) is 5.85. The van der Waals surface area contributed by atoms with Gasteiger partial charge in [-0.25, -0.2) is 0 Å². The normalized spacial score (nSPS) is 19.1. The van der Waals surface area contributed by atoms with E-state index >= 15 is 0 Å². The van der Waals surface area contributed by atoms with Crippen LogP contribution in [0.2, 0.25) is 0 Å². The second-order valence-electron chi connectivity index (χ2n) is 7.86. The van der Waals surface area contributed by atoms with E-state index in [1.807, 2.05) is 53.8 Å². The molecule has 1 aliphatic rings. The monoisotopic (exact) mass is 385 g/mol. The first-order valence-corrected chi connectivity index (χ1v) is 10.00. The number of rotatable bonds is 4. The van der Waals surface area contributed by atoms with Gasteiger partial charge < -0.3 is 4.90 Å². The highest BCUT2D eigenvalue weighted by molar-refractivity contribution is 5.94. The molecule has 1 amide bonds. The molecule has 5 rings (SSSR count). The van der Waals surface area contributed by atoms with Crippen molar-refractivity contribution in [2.24, 2.45) is 5.92 Å². The number of carbonyl (C=O) groups is 1. The van der Waals surface area contributed by atoms with Gasteiger partial charge in [0.2, 0.25) is 0 Å². The van der Waals surface area contributed by atoms with Crippen molar-refractivity contribution >= 4 is 16.8 Å². The Morgan fingerprint density at radius 3 is 2.79 bits per heavy atom. The first kappa shape index (κ1) is 17.7. The van der Waals surface area contributed by atoms with Crippen LogP contribution < -0.4 is 0 Å². The number of amides is 1. The fourth-order valence-corrected chi connectivity index (χ4v) is 4.37. The molecule has 2 aromatic carbocycles. The summed E-state index contributed by atoms with van der Waals surface area (Å²) in [5, 5.41) is 12.6. The zero-order valence-corrected chi connectivity index (χ0v) is 16.3. The Labute approximate surface area is 169 Å². The maximum atomic E-state index is 12.9. The summed E-state index contributed by atoms with van der Waals surface area (Å²) < 4.78 is 2.07. The Bertz CT molecular complexity index is 1130. The van der Waals surface area contributed by atoms with Crippen molar-refractivity contribution in [2.45, 2.75) is 25.9 Å². The number of nitrogens with one attached hydrogen (secondary N) is 1. The molecule has 0 bridgehead atoms. The third-order valence-corrected chi connectivity index (χ3v) is 5.85. The van der Waals surface area contributed by atoms with E-state index < -0.39 is 0 Å². The summed E-state index contributed by atoms with van der Waals surface area (Å²) in [6.07, 6.45) is 6.63. The molecular formula is C23H23N5O. The van der Waals surface area contributed by atoms with Crippen LogP contribution in [0, 0.1) is 5.92 Å². The number of hydrogen-bond donors (Lipinski definition) is 1. The summed E-state index contributed by atoms with van der Waals surface area (Å²) in [5.74, 6) is 0.519. The maximum Gasteiger partial charge on any atom is 0.254 e. The summed E-state index contributed by atoms with van der Waals surface area (Å²) in [4.78, 5) is 14.9. The van der Waals surface area contributed by atoms with Gasteiger partial charge in [0.05, 0.1) is 17.9 Å². The van der Waals surface area contributed by atoms with Crippen LogP contribution in [0.1, 0.15) is 23.7 Å². The number of benzene rings is 2. The van der Waals surface area contributed by atoms with Crippen LogP contribution in [-0.4, -0.2) is 43.4 Å². The van der Waals surface area contributed by atoms with Gasteiger partial charge in [0, 0.05) is 41.8 Å². The van der Waals surface area contributed by atoms with Gasteiger partial charge in [-0.3, -0.25) is 14.6 Å². The van der Waals surface area contributed by atoms with E-state index in [4.69, 9.17) is 0 Å². The standard InChI is InChI=1S/C23H23N5O/c1-16-9-17(14-27(16)23(29)18-5-3-2-4-6-18)15-28-22-8-7-19(10-20(22)13-26-28)21-11-24-25-12-21/h2-8,10-13,16-17H,9,14-15H2,1H3,(H,24,25)/t16-,17-/m0/s1. The predicted molar refractivity (Wildman–Crippen MR) is 112 cm³/mol. The Kier molecular flexibility index (Phi) is 4.39. The lowest BCUT2D eigenvalue weighted by Crippen LogP contribution is -2.34. The number of H-pyrrole nitrogens is 1. The molecule has 3 heterocycles. The topological polar surface area (TPSA) is 66.8 Å². The van der Waals surface area contributed by atoms with E-state index in [0.29, 0.717) is 5.92 Å². The average Bonchev–Trinajstić information content (AvgIpc) is 3.49. The second kappa shape index (κ2) is 7.20. The molecule has 0 aliphatic carbocycles. The van der Waals surface area contributed by atoms with Gasteiger partial charge in [-0.1, -0.05) is 24.3 Å². The van der Waals surface area contributed by atoms with Crippen molar-refractivity contribution < 1.29 is 4.79 Å². The SMILES string of the molecule is C[C@H]1C[C@H](Cn2ncc3cc(-c4cn[nH]c4)ccc32)CN1C(=O)c1ccccc1. The summed E-state index contributed by atoms with van der Waals surface area (Å²) in [7, 11) is 0. The highest BCUT2D eigenvalue weighted by atomic mass is 16.2. The van der Waals surface area contributed by atoms with Crippen LogP contribution in [-0.2, 0) is 6.54 Å². The molecule has 146 valence electrons. The summed E-state index contributed by atoms with van der Waals surface area (Å²) in [6, 6.07) is 16.2. The fraction of sp³-hybridized carbons (Fsp3) is 0.261.